The number of amides is 2. The van der Waals surface area contributed by atoms with Gasteiger partial charge in [0.25, 0.3) is 5.91 Å². The number of carbonyl (C=O) groups is 2. The lowest BCUT2D eigenvalue weighted by atomic mass is 9.97. The maximum absolute atomic E-state index is 12.4. The van der Waals surface area contributed by atoms with Crippen molar-refractivity contribution < 1.29 is 18.0 Å². The van der Waals surface area contributed by atoms with Crippen LogP contribution in [-0.2, 0) is 14.8 Å². The summed E-state index contributed by atoms with van der Waals surface area (Å²) in [5.41, 5.74) is 0.573. The van der Waals surface area contributed by atoms with Crippen molar-refractivity contribution in [3.63, 3.8) is 0 Å². The second kappa shape index (κ2) is 7.12. The first-order valence-corrected chi connectivity index (χ1v) is 9.25. The quantitative estimate of drug-likeness (QED) is 0.899. The largest absolute Gasteiger partial charge is 0.338 e. The molecule has 1 atom stereocenters. The SMILES string of the molecule is CC(C)S(=O)(=O)NC(=O)[C@H]1CCCN(C(=O)c2ccccc2)C1. The summed E-state index contributed by atoms with van der Waals surface area (Å²) < 4.78 is 25.7. The third-order valence-electron chi connectivity index (χ3n) is 3.96. The summed E-state index contributed by atoms with van der Waals surface area (Å²) in [5, 5.41) is -0.669. The van der Waals surface area contributed by atoms with Crippen molar-refractivity contribution in [2.24, 2.45) is 5.92 Å². The number of hydrogen-bond acceptors (Lipinski definition) is 4. The van der Waals surface area contributed by atoms with Crippen LogP contribution in [0.25, 0.3) is 0 Å². The van der Waals surface area contributed by atoms with Gasteiger partial charge in [0.1, 0.15) is 0 Å². The van der Waals surface area contributed by atoms with Crippen molar-refractivity contribution in [3.8, 4) is 0 Å². The molecule has 1 aromatic rings. The molecule has 6 nitrogen and oxygen atoms in total. The van der Waals surface area contributed by atoms with Gasteiger partial charge in [0.05, 0.1) is 11.2 Å². The molecule has 7 heteroatoms. The normalized spacial score (nSPS) is 18.7. The molecule has 1 heterocycles. The van der Waals surface area contributed by atoms with Crippen LogP contribution in [0.5, 0.6) is 0 Å². The average molecular weight is 338 g/mol. The minimum Gasteiger partial charge on any atom is -0.338 e. The lowest BCUT2D eigenvalue weighted by Gasteiger charge is -2.32. The fourth-order valence-electron chi connectivity index (χ4n) is 2.48. The summed E-state index contributed by atoms with van der Waals surface area (Å²) in [4.78, 5) is 26.2. The lowest BCUT2D eigenvalue weighted by molar-refractivity contribution is -0.124. The summed E-state index contributed by atoms with van der Waals surface area (Å²) in [7, 11) is -3.64. The standard InChI is InChI=1S/C16H22N2O4S/c1-12(2)23(21,22)17-15(19)14-9-6-10-18(11-14)16(20)13-7-4-3-5-8-13/h3-5,7-8,12,14H,6,9-11H2,1-2H3,(H,17,19)/t14-/m0/s1. The first-order chi connectivity index (χ1) is 10.8. The second-order valence-corrected chi connectivity index (χ2v) is 8.25. The van der Waals surface area contributed by atoms with Crippen molar-refractivity contribution in [1.82, 2.24) is 9.62 Å². The van der Waals surface area contributed by atoms with Gasteiger partial charge in [0.2, 0.25) is 15.9 Å². The molecule has 1 fully saturated rings. The number of nitrogens with one attached hydrogen (secondary N) is 1. The van der Waals surface area contributed by atoms with Crippen molar-refractivity contribution in [2.75, 3.05) is 13.1 Å². The zero-order valence-corrected chi connectivity index (χ0v) is 14.2. The summed E-state index contributed by atoms with van der Waals surface area (Å²) in [5.74, 6) is -1.15. The number of likely N-dealkylation sites (tertiary alicyclic amines) is 1. The molecule has 0 radical (unpaired) electrons. The van der Waals surface area contributed by atoms with Crippen LogP contribution in [0, 0.1) is 5.92 Å². The highest BCUT2D eigenvalue weighted by Gasteiger charge is 2.31. The zero-order valence-electron chi connectivity index (χ0n) is 13.4. The minimum absolute atomic E-state index is 0.130. The third-order valence-corrected chi connectivity index (χ3v) is 5.69. The van der Waals surface area contributed by atoms with E-state index in [1.54, 1.807) is 29.2 Å². The minimum atomic E-state index is -3.64. The molecule has 0 aromatic heterocycles. The highest BCUT2D eigenvalue weighted by atomic mass is 32.2. The fraction of sp³-hybridized carbons (Fsp3) is 0.500. The molecule has 1 aliphatic heterocycles. The van der Waals surface area contributed by atoms with Gasteiger partial charge in [-0.05, 0) is 38.8 Å². The third kappa shape index (κ3) is 4.31. The van der Waals surface area contributed by atoms with Crippen LogP contribution >= 0.6 is 0 Å². The Morgan fingerprint density at radius 3 is 2.48 bits per heavy atom. The van der Waals surface area contributed by atoms with E-state index in [-0.39, 0.29) is 12.5 Å². The van der Waals surface area contributed by atoms with Gasteiger partial charge in [-0.1, -0.05) is 18.2 Å². The molecule has 2 amide bonds. The first kappa shape index (κ1) is 17.5. The first-order valence-electron chi connectivity index (χ1n) is 7.71. The predicted molar refractivity (Wildman–Crippen MR) is 87.3 cm³/mol. The molecule has 0 bridgehead atoms. The molecular weight excluding hydrogens is 316 g/mol. The Hall–Kier alpha value is -1.89. The van der Waals surface area contributed by atoms with E-state index in [9.17, 15) is 18.0 Å². The van der Waals surface area contributed by atoms with E-state index in [4.69, 9.17) is 0 Å². The fourth-order valence-corrected chi connectivity index (χ4v) is 3.16. The van der Waals surface area contributed by atoms with E-state index in [1.165, 1.54) is 13.8 Å². The van der Waals surface area contributed by atoms with Crippen molar-refractivity contribution in [3.05, 3.63) is 35.9 Å². The number of carbonyl (C=O) groups excluding carboxylic acids is 2. The van der Waals surface area contributed by atoms with Crippen molar-refractivity contribution in [2.45, 2.75) is 31.9 Å². The Balaban J connectivity index is 2.03. The molecule has 0 unspecified atom stereocenters. The van der Waals surface area contributed by atoms with E-state index in [1.807, 2.05) is 6.07 Å². The predicted octanol–water partition coefficient (Wildman–Crippen LogP) is 1.39. The number of benzene rings is 1. The number of sulfonamides is 1. The van der Waals surface area contributed by atoms with Crippen molar-refractivity contribution >= 4 is 21.8 Å². The van der Waals surface area contributed by atoms with Crippen molar-refractivity contribution in [1.29, 1.82) is 0 Å². The molecule has 0 saturated carbocycles. The molecule has 1 aromatic carbocycles. The Labute approximate surface area is 136 Å². The molecule has 1 N–H and O–H groups in total. The van der Waals surface area contributed by atoms with Gasteiger partial charge in [-0.25, -0.2) is 8.42 Å². The van der Waals surface area contributed by atoms with Gasteiger partial charge in [0.15, 0.2) is 0 Å². The van der Waals surface area contributed by atoms with Crippen LogP contribution in [-0.4, -0.2) is 43.5 Å². The highest BCUT2D eigenvalue weighted by Crippen LogP contribution is 2.19. The summed E-state index contributed by atoms with van der Waals surface area (Å²) in [6.45, 7) is 3.85. The average Bonchev–Trinajstić information content (AvgIpc) is 2.54. The lowest BCUT2D eigenvalue weighted by Crippen LogP contribution is -2.47. The Bertz CT molecular complexity index is 671. The summed E-state index contributed by atoms with van der Waals surface area (Å²) in [6, 6.07) is 8.87. The molecule has 1 saturated heterocycles. The summed E-state index contributed by atoms with van der Waals surface area (Å²) >= 11 is 0. The molecule has 0 aliphatic carbocycles. The van der Waals surface area contributed by atoms with Gasteiger partial charge in [-0.2, -0.15) is 0 Å². The van der Waals surface area contributed by atoms with Crippen LogP contribution < -0.4 is 4.72 Å². The van der Waals surface area contributed by atoms with Crippen LogP contribution in [0.2, 0.25) is 0 Å². The van der Waals surface area contributed by atoms with Crippen LogP contribution in [0.3, 0.4) is 0 Å². The molecule has 23 heavy (non-hydrogen) atoms. The molecule has 0 spiro atoms. The monoisotopic (exact) mass is 338 g/mol. The van der Waals surface area contributed by atoms with Gasteiger partial charge < -0.3 is 4.90 Å². The highest BCUT2D eigenvalue weighted by molar-refractivity contribution is 7.90. The topological polar surface area (TPSA) is 83.6 Å². The van der Waals surface area contributed by atoms with Crippen LogP contribution in [0.1, 0.15) is 37.0 Å². The van der Waals surface area contributed by atoms with Crippen LogP contribution in [0.4, 0.5) is 0 Å². The molecule has 126 valence electrons. The number of rotatable bonds is 4. The number of piperidine rings is 1. The van der Waals surface area contributed by atoms with Gasteiger partial charge in [0, 0.05) is 18.7 Å². The Morgan fingerprint density at radius 1 is 1.22 bits per heavy atom. The van der Waals surface area contributed by atoms with Gasteiger partial charge >= 0.3 is 0 Å². The zero-order chi connectivity index (χ0) is 17.0. The summed E-state index contributed by atoms with van der Waals surface area (Å²) in [6.07, 6.45) is 1.26. The second-order valence-electron chi connectivity index (χ2n) is 6.02. The molecular formula is C16H22N2O4S. The number of hydrogen-bond donors (Lipinski definition) is 1. The molecule has 1 aliphatic rings. The van der Waals surface area contributed by atoms with E-state index in [2.05, 4.69) is 4.72 Å². The van der Waals surface area contributed by atoms with E-state index >= 15 is 0 Å². The van der Waals surface area contributed by atoms with Crippen LogP contribution in [0.15, 0.2) is 30.3 Å². The van der Waals surface area contributed by atoms with Gasteiger partial charge in [-0.15, -0.1) is 0 Å². The van der Waals surface area contributed by atoms with Gasteiger partial charge in [-0.3, -0.25) is 14.3 Å². The Morgan fingerprint density at radius 2 is 1.87 bits per heavy atom. The number of nitrogens with zero attached hydrogens (tertiary/aromatic N) is 1. The molecule has 2 rings (SSSR count). The maximum Gasteiger partial charge on any atom is 0.253 e. The Kier molecular flexibility index (Phi) is 5.41. The van der Waals surface area contributed by atoms with E-state index < -0.39 is 27.1 Å². The van der Waals surface area contributed by atoms with E-state index in [0.29, 0.717) is 24.9 Å². The smallest absolute Gasteiger partial charge is 0.253 e. The maximum atomic E-state index is 12.4. The van der Waals surface area contributed by atoms with E-state index in [0.717, 1.165) is 0 Å².